The molecule has 3 rings (SSSR count). The van der Waals surface area contributed by atoms with Crippen molar-refractivity contribution in [2.45, 2.75) is 0 Å². The Bertz CT molecular complexity index is 845. The van der Waals surface area contributed by atoms with Crippen molar-refractivity contribution < 1.29 is 4.39 Å². The fourth-order valence-corrected chi connectivity index (χ4v) is 2.08. The van der Waals surface area contributed by atoms with Gasteiger partial charge in [-0.1, -0.05) is 12.1 Å². The van der Waals surface area contributed by atoms with Crippen LogP contribution in [-0.4, -0.2) is 9.78 Å². The van der Waals surface area contributed by atoms with Crippen LogP contribution in [0.4, 0.5) is 10.1 Å². The molecule has 21 heavy (non-hydrogen) atoms. The predicted molar refractivity (Wildman–Crippen MR) is 78.1 cm³/mol. The topological polar surface area (TPSA) is 67.6 Å². The maximum absolute atomic E-state index is 14.0. The van der Waals surface area contributed by atoms with E-state index >= 15 is 0 Å². The summed E-state index contributed by atoms with van der Waals surface area (Å²) in [6.45, 7) is 0. The molecular weight excluding hydrogens is 267 g/mol. The highest BCUT2D eigenvalue weighted by atomic mass is 19.1. The Morgan fingerprint density at radius 1 is 1.14 bits per heavy atom. The molecule has 0 saturated carbocycles. The van der Waals surface area contributed by atoms with Crippen LogP contribution >= 0.6 is 0 Å². The van der Waals surface area contributed by atoms with E-state index in [1.807, 2.05) is 24.3 Å². The third kappa shape index (κ3) is 2.47. The molecule has 5 heteroatoms. The molecule has 0 aliphatic carbocycles. The van der Waals surface area contributed by atoms with Crippen molar-refractivity contribution >= 4 is 5.69 Å². The van der Waals surface area contributed by atoms with Crippen LogP contribution in [0.3, 0.4) is 0 Å². The Balaban J connectivity index is 2.01. The smallest absolute Gasteiger partial charge is 0.150 e. The second-order valence-corrected chi connectivity index (χ2v) is 4.58. The van der Waals surface area contributed by atoms with E-state index in [1.165, 1.54) is 16.8 Å². The molecule has 0 unspecified atom stereocenters. The lowest BCUT2D eigenvalue weighted by atomic mass is 10.1. The number of hydrogen-bond donors (Lipinski definition) is 1. The lowest BCUT2D eigenvalue weighted by molar-refractivity contribution is 0.610. The Morgan fingerprint density at radius 2 is 2.00 bits per heavy atom. The van der Waals surface area contributed by atoms with Gasteiger partial charge in [-0.05, 0) is 35.9 Å². The zero-order valence-corrected chi connectivity index (χ0v) is 11.0. The fourth-order valence-electron chi connectivity index (χ4n) is 2.08. The number of nitrogens with two attached hydrogens (primary N) is 1. The largest absolute Gasteiger partial charge is 0.399 e. The van der Waals surface area contributed by atoms with Crippen LogP contribution in [0.2, 0.25) is 0 Å². The average molecular weight is 278 g/mol. The molecule has 0 aliphatic rings. The van der Waals surface area contributed by atoms with Crippen molar-refractivity contribution in [3.05, 3.63) is 66.2 Å². The average Bonchev–Trinajstić information content (AvgIpc) is 2.96. The van der Waals surface area contributed by atoms with Gasteiger partial charge in [0.15, 0.2) is 0 Å². The summed E-state index contributed by atoms with van der Waals surface area (Å²) in [5.41, 5.74) is 8.73. The van der Waals surface area contributed by atoms with Crippen LogP contribution in [-0.2, 0) is 0 Å². The molecular formula is C16H11FN4. The molecule has 1 heterocycles. The third-order valence-electron chi connectivity index (χ3n) is 3.13. The van der Waals surface area contributed by atoms with Crippen molar-refractivity contribution in [2.75, 3.05) is 5.73 Å². The molecule has 0 radical (unpaired) electrons. The van der Waals surface area contributed by atoms with Gasteiger partial charge in [0.2, 0.25) is 0 Å². The highest BCUT2D eigenvalue weighted by Crippen LogP contribution is 2.23. The summed E-state index contributed by atoms with van der Waals surface area (Å²) in [5, 5.41) is 12.9. The van der Waals surface area contributed by atoms with Gasteiger partial charge in [-0.25, -0.2) is 9.07 Å². The molecule has 1 aromatic heterocycles. The van der Waals surface area contributed by atoms with E-state index in [9.17, 15) is 4.39 Å². The number of nitriles is 1. The Morgan fingerprint density at radius 3 is 2.71 bits per heavy atom. The van der Waals surface area contributed by atoms with Crippen LogP contribution in [0.5, 0.6) is 0 Å². The Kier molecular flexibility index (Phi) is 3.13. The molecule has 102 valence electrons. The van der Waals surface area contributed by atoms with E-state index in [0.717, 1.165) is 11.1 Å². The van der Waals surface area contributed by atoms with E-state index in [4.69, 9.17) is 11.0 Å². The number of rotatable bonds is 2. The van der Waals surface area contributed by atoms with Crippen LogP contribution in [0.25, 0.3) is 16.8 Å². The van der Waals surface area contributed by atoms with Crippen molar-refractivity contribution in [3.63, 3.8) is 0 Å². The molecule has 2 N–H and O–H groups in total. The van der Waals surface area contributed by atoms with Crippen LogP contribution in [0, 0.1) is 17.1 Å². The van der Waals surface area contributed by atoms with Crippen molar-refractivity contribution in [2.24, 2.45) is 0 Å². The monoisotopic (exact) mass is 278 g/mol. The maximum Gasteiger partial charge on any atom is 0.150 e. The highest BCUT2D eigenvalue weighted by molar-refractivity contribution is 5.66. The van der Waals surface area contributed by atoms with E-state index in [1.54, 1.807) is 24.5 Å². The number of hydrogen-bond acceptors (Lipinski definition) is 3. The summed E-state index contributed by atoms with van der Waals surface area (Å²) in [6.07, 6.45) is 3.37. The number of anilines is 1. The van der Waals surface area contributed by atoms with Crippen LogP contribution in [0.15, 0.2) is 54.9 Å². The van der Waals surface area contributed by atoms with Gasteiger partial charge in [0.05, 0.1) is 17.8 Å². The molecule has 4 nitrogen and oxygen atoms in total. The minimum Gasteiger partial charge on any atom is -0.399 e. The number of benzene rings is 2. The lowest BCUT2D eigenvalue weighted by Crippen LogP contribution is -1.98. The predicted octanol–water partition coefficient (Wildman–Crippen LogP) is 3.13. The first-order chi connectivity index (χ1) is 10.2. The minimum absolute atomic E-state index is 0.277. The first kappa shape index (κ1) is 12.9. The first-order valence-corrected chi connectivity index (χ1v) is 6.28. The molecule has 0 aliphatic heterocycles. The van der Waals surface area contributed by atoms with Crippen LogP contribution in [0.1, 0.15) is 5.56 Å². The molecule has 0 amide bonds. The normalized spacial score (nSPS) is 10.3. The van der Waals surface area contributed by atoms with Crippen molar-refractivity contribution in [1.82, 2.24) is 9.78 Å². The minimum atomic E-state index is -0.490. The molecule has 3 aromatic rings. The number of aromatic nitrogens is 2. The van der Waals surface area contributed by atoms with Gasteiger partial charge in [-0.2, -0.15) is 10.4 Å². The summed E-state index contributed by atoms with van der Waals surface area (Å²) in [4.78, 5) is 0. The number of nitrogens with zero attached hydrogens (tertiary/aromatic N) is 3. The van der Waals surface area contributed by atoms with E-state index in [0.29, 0.717) is 11.4 Å². The Labute approximate surface area is 120 Å². The highest BCUT2D eigenvalue weighted by Gasteiger charge is 2.08. The van der Waals surface area contributed by atoms with Gasteiger partial charge in [-0.15, -0.1) is 0 Å². The van der Waals surface area contributed by atoms with Crippen LogP contribution < -0.4 is 5.73 Å². The van der Waals surface area contributed by atoms with Gasteiger partial charge in [0.25, 0.3) is 0 Å². The molecule has 2 aromatic carbocycles. The molecule has 0 spiro atoms. The molecule has 0 saturated heterocycles. The summed E-state index contributed by atoms with van der Waals surface area (Å²) in [6, 6.07) is 13.6. The van der Waals surface area contributed by atoms with Gasteiger partial charge in [0, 0.05) is 17.4 Å². The van der Waals surface area contributed by atoms with Gasteiger partial charge < -0.3 is 5.73 Å². The molecule has 0 bridgehead atoms. The lowest BCUT2D eigenvalue weighted by Gasteiger charge is -2.03. The summed E-state index contributed by atoms with van der Waals surface area (Å²) < 4.78 is 15.4. The summed E-state index contributed by atoms with van der Waals surface area (Å²) >= 11 is 0. The molecule has 0 atom stereocenters. The van der Waals surface area contributed by atoms with Gasteiger partial charge >= 0.3 is 0 Å². The molecule has 0 fully saturated rings. The van der Waals surface area contributed by atoms with Crippen molar-refractivity contribution in [1.29, 1.82) is 5.26 Å². The second-order valence-electron chi connectivity index (χ2n) is 4.58. The number of halogens is 1. The standard InChI is InChI=1S/C16H11FN4/c17-15-6-11(8-18)4-5-16(15)21-10-13(9-20-21)12-2-1-3-14(19)7-12/h1-7,9-10H,19H2. The third-order valence-corrected chi connectivity index (χ3v) is 3.13. The first-order valence-electron chi connectivity index (χ1n) is 6.28. The Hall–Kier alpha value is -3.13. The maximum atomic E-state index is 14.0. The van der Waals surface area contributed by atoms with Gasteiger partial charge in [-0.3, -0.25) is 0 Å². The zero-order valence-electron chi connectivity index (χ0n) is 11.0. The zero-order chi connectivity index (χ0) is 14.8. The van der Waals surface area contributed by atoms with E-state index in [2.05, 4.69) is 5.10 Å². The summed E-state index contributed by atoms with van der Waals surface area (Å²) in [7, 11) is 0. The summed E-state index contributed by atoms with van der Waals surface area (Å²) in [5.74, 6) is -0.490. The number of nitrogen functional groups attached to an aromatic ring is 1. The SMILES string of the molecule is N#Cc1ccc(-n2cc(-c3cccc(N)c3)cn2)c(F)c1. The van der Waals surface area contributed by atoms with E-state index < -0.39 is 5.82 Å². The van der Waals surface area contributed by atoms with Gasteiger partial charge in [0.1, 0.15) is 11.5 Å². The second kappa shape index (κ2) is 5.10. The van der Waals surface area contributed by atoms with E-state index in [-0.39, 0.29) is 5.56 Å². The van der Waals surface area contributed by atoms with Crippen molar-refractivity contribution in [3.8, 4) is 22.9 Å². The fraction of sp³-hybridized carbons (Fsp3) is 0. The quantitative estimate of drug-likeness (QED) is 0.732.